The van der Waals surface area contributed by atoms with E-state index in [0.29, 0.717) is 6.42 Å². The third-order valence-electron chi connectivity index (χ3n) is 3.59. The summed E-state index contributed by atoms with van der Waals surface area (Å²) in [6, 6.07) is 7.87. The van der Waals surface area contributed by atoms with E-state index < -0.39 is 0 Å². The van der Waals surface area contributed by atoms with Crippen LogP contribution in [0.1, 0.15) is 50.0 Å². The molecule has 1 aromatic carbocycles. The van der Waals surface area contributed by atoms with E-state index in [1.165, 1.54) is 12.8 Å². The van der Waals surface area contributed by atoms with Crippen LogP contribution in [0.25, 0.3) is 0 Å². The Labute approximate surface area is 130 Å². The number of halogens is 1. The fourth-order valence-electron chi connectivity index (χ4n) is 2.51. The van der Waals surface area contributed by atoms with Gasteiger partial charge in [-0.2, -0.15) is 0 Å². The average Bonchev–Trinajstić information content (AvgIpc) is 2.93. The molecular formula is C16H22ClNOS. The third-order valence-corrected chi connectivity index (χ3v) is 5.09. The first kappa shape index (κ1) is 15.7. The summed E-state index contributed by atoms with van der Waals surface area (Å²) in [4.78, 5) is 14.4. The van der Waals surface area contributed by atoms with Crippen LogP contribution in [-0.2, 0) is 4.79 Å². The molecule has 0 unspecified atom stereocenters. The smallest absolute Gasteiger partial charge is 0.223 e. The average molecular weight is 312 g/mol. The molecular weight excluding hydrogens is 290 g/mol. The molecule has 1 aliphatic heterocycles. The van der Waals surface area contributed by atoms with Gasteiger partial charge in [0, 0.05) is 23.7 Å². The van der Waals surface area contributed by atoms with E-state index in [9.17, 15) is 4.79 Å². The van der Waals surface area contributed by atoms with Crippen LogP contribution in [-0.4, -0.2) is 23.1 Å². The van der Waals surface area contributed by atoms with Crippen molar-refractivity contribution in [2.45, 2.75) is 44.4 Å². The second kappa shape index (κ2) is 7.94. The summed E-state index contributed by atoms with van der Waals surface area (Å²) in [6.45, 7) is 3.04. The molecule has 0 aliphatic carbocycles. The van der Waals surface area contributed by atoms with Crippen molar-refractivity contribution in [3.05, 3.63) is 34.9 Å². The second-order valence-electron chi connectivity index (χ2n) is 5.18. The minimum absolute atomic E-state index is 0.146. The summed E-state index contributed by atoms with van der Waals surface area (Å²) in [7, 11) is 0. The lowest BCUT2D eigenvalue weighted by molar-refractivity contribution is -0.131. The maximum Gasteiger partial charge on any atom is 0.223 e. The number of nitrogens with zero attached hydrogens (tertiary/aromatic N) is 1. The number of benzene rings is 1. The van der Waals surface area contributed by atoms with Gasteiger partial charge in [0.05, 0.1) is 0 Å². The fraction of sp³-hybridized carbons (Fsp3) is 0.562. The summed E-state index contributed by atoms with van der Waals surface area (Å²) in [6.07, 6.45) is 5.28. The van der Waals surface area contributed by atoms with Crippen LogP contribution < -0.4 is 0 Å². The topological polar surface area (TPSA) is 20.3 Å². The first-order valence-electron chi connectivity index (χ1n) is 7.39. The largest absolute Gasteiger partial charge is 0.326 e. The van der Waals surface area contributed by atoms with Crippen LogP contribution in [0.3, 0.4) is 0 Å². The molecule has 0 N–H and O–H groups in total. The van der Waals surface area contributed by atoms with Gasteiger partial charge in [-0.15, -0.1) is 11.8 Å². The summed E-state index contributed by atoms with van der Waals surface area (Å²) < 4.78 is 0. The summed E-state index contributed by atoms with van der Waals surface area (Å²) >= 11 is 7.89. The highest BCUT2D eigenvalue weighted by molar-refractivity contribution is 7.99. The van der Waals surface area contributed by atoms with E-state index in [-0.39, 0.29) is 11.3 Å². The molecule has 4 heteroatoms. The Morgan fingerprint density at radius 1 is 1.40 bits per heavy atom. The number of thioether (sulfide) groups is 1. The number of unbranched alkanes of at least 4 members (excludes halogenated alkanes) is 3. The van der Waals surface area contributed by atoms with Gasteiger partial charge in [0.2, 0.25) is 5.91 Å². The van der Waals surface area contributed by atoms with E-state index in [0.717, 1.165) is 35.7 Å². The molecule has 0 bridgehead atoms. The van der Waals surface area contributed by atoms with Crippen molar-refractivity contribution in [1.29, 1.82) is 0 Å². The zero-order valence-corrected chi connectivity index (χ0v) is 13.6. The molecule has 1 saturated heterocycles. The molecule has 2 rings (SSSR count). The third kappa shape index (κ3) is 4.16. The van der Waals surface area contributed by atoms with Gasteiger partial charge in [0.25, 0.3) is 0 Å². The number of amides is 1. The van der Waals surface area contributed by atoms with Gasteiger partial charge in [-0.1, -0.05) is 49.9 Å². The van der Waals surface area contributed by atoms with Crippen molar-refractivity contribution in [2.24, 2.45) is 0 Å². The van der Waals surface area contributed by atoms with E-state index in [1.54, 1.807) is 0 Å². The molecule has 1 aliphatic rings. The van der Waals surface area contributed by atoms with Gasteiger partial charge in [-0.05, 0) is 24.1 Å². The van der Waals surface area contributed by atoms with Crippen LogP contribution in [0.2, 0.25) is 5.02 Å². The highest BCUT2D eigenvalue weighted by Crippen LogP contribution is 2.39. The second-order valence-corrected chi connectivity index (χ2v) is 6.80. The van der Waals surface area contributed by atoms with Crippen molar-refractivity contribution in [1.82, 2.24) is 4.90 Å². The summed E-state index contributed by atoms with van der Waals surface area (Å²) in [5.74, 6) is 1.30. The first-order valence-corrected chi connectivity index (χ1v) is 8.81. The molecule has 1 heterocycles. The van der Waals surface area contributed by atoms with Gasteiger partial charge in [-0.25, -0.2) is 0 Å². The number of hydrogen-bond donors (Lipinski definition) is 0. The number of hydrogen-bond acceptors (Lipinski definition) is 2. The van der Waals surface area contributed by atoms with Gasteiger partial charge >= 0.3 is 0 Å². The number of carbonyl (C=O) groups excluding carboxylic acids is 1. The summed E-state index contributed by atoms with van der Waals surface area (Å²) in [5, 5.41) is 0.887. The Balaban J connectivity index is 1.95. The molecule has 0 radical (unpaired) electrons. The highest BCUT2D eigenvalue weighted by atomic mass is 35.5. The minimum atomic E-state index is 0.146. The van der Waals surface area contributed by atoms with Crippen molar-refractivity contribution >= 4 is 29.3 Å². The Morgan fingerprint density at radius 2 is 2.25 bits per heavy atom. The lowest BCUT2D eigenvalue weighted by atomic mass is 10.1. The molecule has 1 aromatic rings. The fourth-order valence-corrected chi connectivity index (χ4v) is 3.97. The SMILES string of the molecule is CCCCCCC(=O)N1CCS[C@@H]1c1cccc(Cl)c1. The van der Waals surface area contributed by atoms with Gasteiger partial charge in [0.1, 0.15) is 5.37 Å². The zero-order valence-electron chi connectivity index (χ0n) is 12.0. The molecule has 1 fully saturated rings. The zero-order chi connectivity index (χ0) is 14.4. The quantitative estimate of drug-likeness (QED) is 0.697. The predicted molar refractivity (Wildman–Crippen MR) is 87.1 cm³/mol. The monoisotopic (exact) mass is 311 g/mol. The van der Waals surface area contributed by atoms with Crippen molar-refractivity contribution in [3.8, 4) is 0 Å². The normalized spacial score (nSPS) is 18.5. The molecule has 1 amide bonds. The van der Waals surface area contributed by atoms with Crippen molar-refractivity contribution in [3.63, 3.8) is 0 Å². The van der Waals surface area contributed by atoms with E-state index in [1.807, 2.05) is 34.9 Å². The maximum atomic E-state index is 12.4. The molecule has 0 aromatic heterocycles. The van der Waals surface area contributed by atoms with Gasteiger partial charge in [0.15, 0.2) is 0 Å². The van der Waals surface area contributed by atoms with E-state index >= 15 is 0 Å². The molecule has 0 spiro atoms. The van der Waals surface area contributed by atoms with Crippen LogP contribution >= 0.6 is 23.4 Å². The number of rotatable bonds is 6. The Hall–Kier alpha value is -0.670. The van der Waals surface area contributed by atoms with Crippen LogP contribution in [0, 0.1) is 0 Å². The van der Waals surface area contributed by atoms with Gasteiger partial charge in [-0.3, -0.25) is 4.79 Å². The molecule has 2 nitrogen and oxygen atoms in total. The Morgan fingerprint density at radius 3 is 3.00 bits per heavy atom. The molecule has 110 valence electrons. The van der Waals surface area contributed by atoms with Gasteiger partial charge < -0.3 is 4.90 Å². The van der Waals surface area contributed by atoms with Crippen LogP contribution in [0.5, 0.6) is 0 Å². The maximum absolute atomic E-state index is 12.4. The Bertz CT molecular complexity index is 452. The highest BCUT2D eigenvalue weighted by Gasteiger charge is 2.30. The summed E-state index contributed by atoms with van der Waals surface area (Å²) in [5.41, 5.74) is 1.14. The molecule has 0 saturated carbocycles. The minimum Gasteiger partial charge on any atom is -0.326 e. The first-order chi connectivity index (χ1) is 9.72. The van der Waals surface area contributed by atoms with Crippen LogP contribution in [0.15, 0.2) is 24.3 Å². The van der Waals surface area contributed by atoms with E-state index in [4.69, 9.17) is 11.6 Å². The Kier molecular flexibility index (Phi) is 6.24. The van der Waals surface area contributed by atoms with Crippen molar-refractivity contribution in [2.75, 3.05) is 12.3 Å². The van der Waals surface area contributed by atoms with Crippen molar-refractivity contribution < 1.29 is 4.79 Å². The lowest BCUT2D eigenvalue weighted by Gasteiger charge is -2.24. The predicted octanol–water partition coefficient (Wildman–Crippen LogP) is 4.88. The number of carbonyl (C=O) groups is 1. The van der Waals surface area contributed by atoms with Crippen LogP contribution in [0.4, 0.5) is 0 Å². The lowest BCUT2D eigenvalue weighted by Crippen LogP contribution is -2.30. The molecule has 20 heavy (non-hydrogen) atoms. The standard InChI is InChI=1S/C16H22ClNOS/c1-2-3-4-5-9-15(19)18-10-11-20-16(18)13-7-6-8-14(17)12-13/h6-8,12,16H,2-5,9-11H2,1H3/t16-/m1/s1. The molecule has 1 atom stereocenters. The van der Waals surface area contributed by atoms with E-state index in [2.05, 4.69) is 13.0 Å².